The quantitative estimate of drug-likeness (QED) is 0.256. The van der Waals surface area contributed by atoms with Gasteiger partial charge in [0.15, 0.2) is 0 Å². The molecule has 33 heavy (non-hydrogen) atoms. The lowest BCUT2D eigenvalue weighted by molar-refractivity contribution is 0.0724. The SMILES string of the molecule is C/C(=C/c1ccccc1)CN(C(=O)c1cccc(Br)c1)C(c1ccccc1)c1ccccc1. The maximum Gasteiger partial charge on any atom is 0.254 e. The van der Waals surface area contributed by atoms with E-state index in [0.717, 1.165) is 26.7 Å². The molecule has 4 aromatic rings. The molecule has 164 valence electrons. The van der Waals surface area contributed by atoms with Gasteiger partial charge in [0.25, 0.3) is 5.91 Å². The predicted octanol–water partition coefficient (Wildman–Crippen LogP) is 7.78. The lowest BCUT2D eigenvalue weighted by Gasteiger charge is -2.33. The van der Waals surface area contributed by atoms with E-state index in [1.165, 1.54) is 0 Å². The zero-order valence-corrected chi connectivity index (χ0v) is 20.2. The van der Waals surface area contributed by atoms with Crippen LogP contribution in [0.4, 0.5) is 0 Å². The molecule has 0 fully saturated rings. The molecular formula is C30H26BrNO. The summed E-state index contributed by atoms with van der Waals surface area (Å²) in [6, 6.07) is 38.1. The van der Waals surface area contributed by atoms with Gasteiger partial charge in [-0.15, -0.1) is 0 Å². The van der Waals surface area contributed by atoms with Crippen molar-refractivity contribution in [2.45, 2.75) is 13.0 Å². The van der Waals surface area contributed by atoms with Crippen LogP contribution in [0.25, 0.3) is 6.08 Å². The number of rotatable bonds is 7. The fourth-order valence-electron chi connectivity index (χ4n) is 4.04. The largest absolute Gasteiger partial charge is 0.324 e. The standard InChI is InChI=1S/C30H26BrNO/c1-23(20-24-12-5-2-6-13-24)22-32(30(33)27-18-11-19-28(31)21-27)29(25-14-7-3-8-15-25)26-16-9-4-10-17-26/h2-21,29H,22H2,1H3/b23-20-. The number of nitrogens with zero attached hydrogens (tertiary/aromatic N) is 1. The third-order valence-electron chi connectivity index (χ3n) is 5.51. The third-order valence-corrected chi connectivity index (χ3v) is 6.00. The number of halogens is 1. The summed E-state index contributed by atoms with van der Waals surface area (Å²) in [5.41, 5.74) is 5.06. The molecule has 0 saturated heterocycles. The monoisotopic (exact) mass is 495 g/mol. The summed E-state index contributed by atoms with van der Waals surface area (Å²) in [5.74, 6) is -0.00480. The number of carbonyl (C=O) groups is 1. The molecule has 0 N–H and O–H groups in total. The van der Waals surface area contributed by atoms with Gasteiger partial charge in [-0.05, 0) is 41.8 Å². The second-order valence-electron chi connectivity index (χ2n) is 8.07. The Bertz CT molecular complexity index is 1180. The van der Waals surface area contributed by atoms with Gasteiger partial charge >= 0.3 is 0 Å². The van der Waals surface area contributed by atoms with Gasteiger partial charge in [0, 0.05) is 16.6 Å². The van der Waals surface area contributed by atoms with Gasteiger partial charge < -0.3 is 4.90 Å². The number of hydrogen-bond acceptors (Lipinski definition) is 1. The van der Waals surface area contributed by atoms with Gasteiger partial charge in [-0.25, -0.2) is 0 Å². The van der Waals surface area contributed by atoms with Crippen LogP contribution in [0, 0.1) is 0 Å². The highest BCUT2D eigenvalue weighted by atomic mass is 79.9. The first-order chi connectivity index (χ1) is 16.1. The zero-order chi connectivity index (χ0) is 23.0. The smallest absolute Gasteiger partial charge is 0.254 e. The molecule has 4 aromatic carbocycles. The van der Waals surface area contributed by atoms with Gasteiger partial charge in [-0.2, -0.15) is 0 Å². The predicted molar refractivity (Wildman–Crippen MR) is 140 cm³/mol. The number of benzene rings is 4. The number of amides is 1. The maximum atomic E-state index is 14.0. The average Bonchev–Trinajstić information content (AvgIpc) is 2.85. The van der Waals surface area contributed by atoms with Crippen molar-refractivity contribution < 1.29 is 4.79 Å². The lowest BCUT2D eigenvalue weighted by Crippen LogP contribution is -2.37. The third kappa shape index (κ3) is 5.88. The van der Waals surface area contributed by atoms with Crippen LogP contribution in [0.1, 0.15) is 40.0 Å². The Kier molecular flexibility index (Phi) is 7.54. The molecule has 1 amide bonds. The topological polar surface area (TPSA) is 20.3 Å². The van der Waals surface area contributed by atoms with Crippen molar-refractivity contribution in [1.82, 2.24) is 4.90 Å². The Morgan fingerprint density at radius 3 is 1.88 bits per heavy atom. The van der Waals surface area contributed by atoms with Crippen LogP contribution in [0.3, 0.4) is 0 Å². The Morgan fingerprint density at radius 2 is 1.33 bits per heavy atom. The van der Waals surface area contributed by atoms with Gasteiger partial charge in [-0.3, -0.25) is 4.79 Å². The van der Waals surface area contributed by atoms with Crippen molar-refractivity contribution in [1.29, 1.82) is 0 Å². The molecule has 0 atom stereocenters. The highest BCUT2D eigenvalue weighted by molar-refractivity contribution is 9.10. The zero-order valence-electron chi connectivity index (χ0n) is 18.6. The molecule has 0 radical (unpaired) electrons. The second kappa shape index (κ2) is 10.9. The van der Waals surface area contributed by atoms with Crippen LogP contribution in [-0.4, -0.2) is 17.4 Å². The van der Waals surface area contributed by atoms with Crippen LogP contribution in [0.15, 0.2) is 125 Å². The van der Waals surface area contributed by atoms with Crippen molar-refractivity contribution in [3.8, 4) is 0 Å². The van der Waals surface area contributed by atoms with Crippen LogP contribution in [0.2, 0.25) is 0 Å². The molecular weight excluding hydrogens is 470 g/mol. The molecule has 0 aliphatic heterocycles. The van der Waals surface area contributed by atoms with E-state index in [-0.39, 0.29) is 11.9 Å². The molecule has 0 aliphatic carbocycles. The summed E-state index contributed by atoms with van der Waals surface area (Å²) in [7, 11) is 0. The molecule has 3 heteroatoms. The molecule has 4 rings (SSSR count). The summed E-state index contributed by atoms with van der Waals surface area (Å²) < 4.78 is 0.890. The minimum atomic E-state index is -0.210. The van der Waals surface area contributed by atoms with Crippen molar-refractivity contribution in [3.05, 3.63) is 148 Å². The Hall–Kier alpha value is -3.43. The number of hydrogen-bond donors (Lipinski definition) is 0. The highest BCUT2D eigenvalue weighted by Gasteiger charge is 2.28. The van der Waals surface area contributed by atoms with Crippen molar-refractivity contribution in [2.75, 3.05) is 6.54 Å². The Labute approximate surface area is 204 Å². The second-order valence-corrected chi connectivity index (χ2v) is 8.98. The molecule has 0 aromatic heterocycles. The molecule has 0 spiro atoms. The van der Waals surface area contributed by atoms with Gasteiger partial charge in [0.05, 0.1) is 6.04 Å². The normalized spacial score (nSPS) is 11.4. The molecule has 2 nitrogen and oxygen atoms in total. The van der Waals surface area contributed by atoms with E-state index < -0.39 is 0 Å². The highest BCUT2D eigenvalue weighted by Crippen LogP contribution is 2.31. The molecule has 0 unspecified atom stereocenters. The number of carbonyl (C=O) groups excluding carboxylic acids is 1. The van der Waals surface area contributed by atoms with Crippen LogP contribution in [0.5, 0.6) is 0 Å². The minimum absolute atomic E-state index is 0.00480. The molecule has 0 aliphatic rings. The first-order valence-electron chi connectivity index (χ1n) is 11.0. The van der Waals surface area contributed by atoms with E-state index in [1.54, 1.807) is 0 Å². The van der Waals surface area contributed by atoms with Crippen LogP contribution < -0.4 is 0 Å². The van der Waals surface area contributed by atoms with E-state index in [4.69, 9.17) is 0 Å². The van der Waals surface area contributed by atoms with Crippen LogP contribution in [-0.2, 0) is 0 Å². The summed E-state index contributed by atoms with van der Waals surface area (Å²) in [4.78, 5) is 15.9. The van der Waals surface area contributed by atoms with Gasteiger partial charge in [0.1, 0.15) is 0 Å². The first kappa shape index (κ1) is 22.8. The fourth-order valence-corrected chi connectivity index (χ4v) is 4.44. The Morgan fingerprint density at radius 1 is 0.788 bits per heavy atom. The van der Waals surface area contributed by atoms with E-state index >= 15 is 0 Å². The fraction of sp³-hybridized carbons (Fsp3) is 0.100. The molecule has 0 saturated carbocycles. The van der Waals surface area contributed by atoms with Crippen molar-refractivity contribution in [2.24, 2.45) is 0 Å². The Balaban J connectivity index is 1.80. The lowest BCUT2D eigenvalue weighted by atomic mass is 9.95. The summed E-state index contributed by atoms with van der Waals surface area (Å²) in [6.07, 6.45) is 2.15. The van der Waals surface area contributed by atoms with Crippen molar-refractivity contribution >= 4 is 27.9 Å². The maximum absolute atomic E-state index is 14.0. The summed E-state index contributed by atoms with van der Waals surface area (Å²) >= 11 is 3.52. The van der Waals surface area contributed by atoms with Crippen molar-refractivity contribution in [3.63, 3.8) is 0 Å². The molecule has 0 bridgehead atoms. The van der Waals surface area contributed by atoms with Gasteiger partial charge in [0.2, 0.25) is 0 Å². The summed E-state index contributed by atoms with van der Waals surface area (Å²) in [6.45, 7) is 2.59. The first-order valence-corrected chi connectivity index (χ1v) is 11.8. The average molecular weight is 496 g/mol. The van der Waals surface area contributed by atoms with E-state index in [2.05, 4.69) is 65.3 Å². The van der Waals surface area contributed by atoms with Gasteiger partial charge in [-0.1, -0.05) is 125 Å². The minimum Gasteiger partial charge on any atom is -0.324 e. The van der Waals surface area contributed by atoms with E-state index in [0.29, 0.717) is 12.1 Å². The van der Waals surface area contributed by atoms with Crippen LogP contribution >= 0.6 is 15.9 Å². The summed E-state index contributed by atoms with van der Waals surface area (Å²) in [5, 5.41) is 0. The van der Waals surface area contributed by atoms with E-state index in [1.807, 2.05) is 83.8 Å². The van der Waals surface area contributed by atoms with E-state index in [9.17, 15) is 4.79 Å². The molecule has 0 heterocycles.